The molecule has 1 aromatic heterocycles. The molecule has 1 aromatic carbocycles. The van der Waals surface area contributed by atoms with Gasteiger partial charge in [0.15, 0.2) is 5.78 Å². The Labute approximate surface area is 157 Å². The second-order valence-corrected chi connectivity index (χ2v) is 8.14. The first-order valence-electron chi connectivity index (χ1n) is 9.16. The molecule has 2 aromatic rings. The van der Waals surface area contributed by atoms with Crippen molar-refractivity contribution < 1.29 is 14.3 Å². The molecule has 26 heavy (non-hydrogen) atoms. The zero-order chi connectivity index (χ0) is 18.1. The van der Waals surface area contributed by atoms with Crippen LogP contribution in [0, 0.1) is 19.8 Å². The minimum absolute atomic E-state index is 0.0212. The molecule has 0 spiro atoms. The monoisotopic (exact) mass is 372 g/mol. The van der Waals surface area contributed by atoms with E-state index in [1.54, 1.807) is 11.3 Å². The van der Waals surface area contributed by atoms with Crippen molar-refractivity contribution in [1.29, 1.82) is 0 Å². The fourth-order valence-corrected chi connectivity index (χ4v) is 4.57. The summed E-state index contributed by atoms with van der Waals surface area (Å²) >= 11 is 1.69. The molecule has 0 amide bonds. The van der Waals surface area contributed by atoms with Gasteiger partial charge in [-0.05, 0) is 44.0 Å². The molecule has 0 saturated carbocycles. The molecule has 0 aliphatic carbocycles. The summed E-state index contributed by atoms with van der Waals surface area (Å²) in [7, 11) is 0. The summed E-state index contributed by atoms with van der Waals surface area (Å²) in [6, 6.07) is 6.26. The molecule has 138 valence electrons. The maximum Gasteiger partial charge on any atom is 0.168 e. The number of benzene rings is 1. The number of morpholine rings is 1. The summed E-state index contributed by atoms with van der Waals surface area (Å²) < 4.78 is 10.9. The van der Waals surface area contributed by atoms with Crippen LogP contribution in [0.5, 0.6) is 0 Å². The van der Waals surface area contributed by atoms with E-state index in [9.17, 15) is 4.79 Å². The largest absolute Gasteiger partial charge is 0.381 e. The number of rotatable bonds is 4. The Morgan fingerprint density at radius 3 is 2.62 bits per heavy atom. The van der Waals surface area contributed by atoms with Crippen LogP contribution in [0.1, 0.15) is 27.5 Å². The predicted molar refractivity (Wildman–Crippen MR) is 103 cm³/mol. The summed E-state index contributed by atoms with van der Waals surface area (Å²) in [4.78, 5) is 21.0. The number of hydrogen-bond acceptors (Lipinski definition) is 6. The van der Waals surface area contributed by atoms with Gasteiger partial charge in [-0.25, -0.2) is 4.98 Å². The maximum atomic E-state index is 13.0. The van der Waals surface area contributed by atoms with E-state index in [2.05, 4.69) is 16.0 Å². The molecule has 3 heterocycles. The van der Waals surface area contributed by atoms with E-state index in [0.29, 0.717) is 13.2 Å². The summed E-state index contributed by atoms with van der Waals surface area (Å²) in [6.07, 6.45) is 0.814. The number of ether oxygens (including phenoxy) is 2. The summed E-state index contributed by atoms with van der Waals surface area (Å²) in [5, 5.41) is 1.05. The zero-order valence-electron chi connectivity index (χ0n) is 15.3. The smallest absolute Gasteiger partial charge is 0.168 e. The SMILES string of the molecule is Cc1nc(C)c(-c2cc(C(=O)C3CCOC3)cc(N3CCOCC3)c2)s1. The molecule has 2 saturated heterocycles. The van der Waals surface area contributed by atoms with E-state index in [4.69, 9.17) is 9.47 Å². The number of nitrogens with zero attached hydrogens (tertiary/aromatic N) is 2. The van der Waals surface area contributed by atoms with Crippen LogP contribution in [0.15, 0.2) is 18.2 Å². The van der Waals surface area contributed by atoms with Crippen LogP contribution in [0.25, 0.3) is 10.4 Å². The molecule has 2 fully saturated rings. The third kappa shape index (κ3) is 3.54. The van der Waals surface area contributed by atoms with Crippen LogP contribution in [-0.2, 0) is 9.47 Å². The number of thiazole rings is 1. The molecule has 5 nitrogen and oxygen atoms in total. The van der Waals surface area contributed by atoms with Gasteiger partial charge in [0, 0.05) is 36.9 Å². The number of hydrogen-bond donors (Lipinski definition) is 0. The fraction of sp³-hybridized carbons (Fsp3) is 0.500. The zero-order valence-corrected chi connectivity index (χ0v) is 16.1. The highest BCUT2D eigenvalue weighted by molar-refractivity contribution is 7.15. The Bertz CT molecular complexity index is 805. The Balaban J connectivity index is 1.76. The van der Waals surface area contributed by atoms with E-state index in [0.717, 1.165) is 65.1 Å². The van der Waals surface area contributed by atoms with Crippen molar-refractivity contribution in [1.82, 2.24) is 4.98 Å². The highest BCUT2D eigenvalue weighted by atomic mass is 32.1. The van der Waals surface area contributed by atoms with Gasteiger partial charge in [-0.15, -0.1) is 11.3 Å². The number of anilines is 1. The molecule has 2 aliphatic rings. The molecule has 0 N–H and O–H groups in total. The van der Waals surface area contributed by atoms with Gasteiger partial charge in [0.05, 0.1) is 35.4 Å². The third-order valence-corrected chi connectivity index (χ3v) is 6.17. The Morgan fingerprint density at radius 1 is 1.15 bits per heavy atom. The minimum Gasteiger partial charge on any atom is -0.381 e. The molecule has 2 aliphatic heterocycles. The van der Waals surface area contributed by atoms with Gasteiger partial charge in [-0.2, -0.15) is 0 Å². The van der Waals surface area contributed by atoms with E-state index in [1.165, 1.54) is 0 Å². The lowest BCUT2D eigenvalue weighted by Gasteiger charge is -2.29. The number of aromatic nitrogens is 1. The first-order valence-corrected chi connectivity index (χ1v) is 9.97. The fourth-order valence-electron chi connectivity index (χ4n) is 3.66. The van der Waals surface area contributed by atoms with Crippen molar-refractivity contribution in [3.8, 4) is 10.4 Å². The van der Waals surface area contributed by atoms with Gasteiger partial charge in [0.2, 0.25) is 0 Å². The third-order valence-electron chi connectivity index (χ3n) is 5.04. The van der Waals surface area contributed by atoms with Crippen LogP contribution < -0.4 is 4.90 Å². The van der Waals surface area contributed by atoms with Gasteiger partial charge >= 0.3 is 0 Å². The summed E-state index contributed by atoms with van der Waals surface area (Å²) in [6.45, 7) is 8.43. The second kappa shape index (κ2) is 7.47. The maximum absolute atomic E-state index is 13.0. The molecular formula is C20H24N2O3S. The Morgan fingerprint density at radius 2 is 1.96 bits per heavy atom. The summed E-state index contributed by atoms with van der Waals surface area (Å²) in [5.74, 6) is 0.171. The van der Waals surface area contributed by atoms with E-state index < -0.39 is 0 Å². The molecule has 1 unspecified atom stereocenters. The van der Waals surface area contributed by atoms with Gasteiger partial charge in [-0.1, -0.05) is 0 Å². The average molecular weight is 372 g/mol. The predicted octanol–water partition coefficient (Wildman–Crippen LogP) is 3.48. The molecule has 0 bridgehead atoms. The van der Waals surface area contributed by atoms with E-state index in [1.807, 2.05) is 26.0 Å². The molecule has 1 atom stereocenters. The number of carbonyl (C=O) groups excluding carboxylic acids is 1. The topological polar surface area (TPSA) is 51.7 Å². The van der Waals surface area contributed by atoms with Crippen LogP contribution in [0.3, 0.4) is 0 Å². The number of carbonyl (C=O) groups is 1. The van der Waals surface area contributed by atoms with Crippen molar-refractivity contribution in [2.24, 2.45) is 5.92 Å². The van der Waals surface area contributed by atoms with Gasteiger partial charge in [-0.3, -0.25) is 4.79 Å². The highest BCUT2D eigenvalue weighted by Gasteiger charge is 2.26. The van der Waals surface area contributed by atoms with Crippen LogP contribution in [0.4, 0.5) is 5.69 Å². The lowest BCUT2D eigenvalue weighted by Crippen LogP contribution is -2.36. The van der Waals surface area contributed by atoms with Gasteiger partial charge < -0.3 is 14.4 Å². The first-order chi connectivity index (χ1) is 12.6. The van der Waals surface area contributed by atoms with Gasteiger partial charge in [0.1, 0.15) is 0 Å². The minimum atomic E-state index is -0.0212. The highest BCUT2D eigenvalue weighted by Crippen LogP contribution is 2.34. The number of aryl methyl sites for hydroxylation is 2. The Hall–Kier alpha value is -1.76. The quantitative estimate of drug-likeness (QED) is 0.769. The van der Waals surface area contributed by atoms with Gasteiger partial charge in [0.25, 0.3) is 0 Å². The second-order valence-electron chi connectivity index (χ2n) is 6.94. The van der Waals surface area contributed by atoms with Crippen molar-refractivity contribution >= 4 is 22.8 Å². The van der Waals surface area contributed by atoms with Crippen LogP contribution in [0.2, 0.25) is 0 Å². The molecule has 4 rings (SSSR count). The molecule has 6 heteroatoms. The lowest BCUT2D eigenvalue weighted by atomic mass is 9.94. The Kier molecular flexibility index (Phi) is 5.07. The molecular weight excluding hydrogens is 348 g/mol. The van der Waals surface area contributed by atoms with E-state index >= 15 is 0 Å². The lowest BCUT2D eigenvalue weighted by molar-refractivity contribution is 0.0900. The van der Waals surface area contributed by atoms with Crippen LogP contribution >= 0.6 is 11.3 Å². The first kappa shape index (κ1) is 17.6. The molecule has 0 radical (unpaired) electrons. The van der Waals surface area contributed by atoms with Crippen molar-refractivity contribution in [3.63, 3.8) is 0 Å². The normalized spacial score (nSPS) is 20.5. The standard InChI is InChI=1S/C20H24N2O3S/c1-13-20(26-14(2)21-13)17-9-16(19(23)15-3-6-25-12-15)10-18(11-17)22-4-7-24-8-5-22/h9-11,15H,3-8,12H2,1-2H3. The number of ketones is 1. The van der Waals surface area contributed by atoms with Crippen molar-refractivity contribution in [2.45, 2.75) is 20.3 Å². The summed E-state index contributed by atoms with van der Waals surface area (Å²) in [5.41, 5.74) is 3.98. The van der Waals surface area contributed by atoms with E-state index in [-0.39, 0.29) is 11.7 Å². The average Bonchev–Trinajstić information content (AvgIpc) is 3.31. The number of Topliss-reactive ketones (excluding diaryl/α,β-unsaturated/α-hetero) is 1. The van der Waals surface area contributed by atoms with Crippen LogP contribution in [-0.4, -0.2) is 50.3 Å². The van der Waals surface area contributed by atoms with Crippen molar-refractivity contribution in [2.75, 3.05) is 44.4 Å². The van der Waals surface area contributed by atoms with Crippen molar-refractivity contribution in [3.05, 3.63) is 34.5 Å².